The van der Waals surface area contributed by atoms with Crippen molar-refractivity contribution < 1.29 is 20.4 Å². The van der Waals surface area contributed by atoms with Gasteiger partial charge in [0.2, 0.25) is 0 Å². The molecule has 0 fully saturated rings. The summed E-state index contributed by atoms with van der Waals surface area (Å²) in [4.78, 5) is 0. The van der Waals surface area contributed by atoms with Gasteiger partial charge in [0.15, 0.2) is 5.76 Å². The number of hydrogen-bond donors (Lipinski definition) is 6. The van der Waals surface area contributed by atoms with Crippen LogP contribution in [0.1, 0.15) is 0 Å². The van der Waals surface area contributed by atoms with Gasteiger partial charge in [-0.1, -0.05) is 0 Å². The minimum atomic E-state index is -1.23. The summed E-state index contributed by atoms with van der Waals surface area (Å²) in [6.07, 6.45) is 0. The molecule has 70 valence electrons. The zero-order valence-electron chi connectivity index (χ0n) is 6.32. The molecule has 0 aliphatic carbocycles. The average Bonchev–Trinajstić information content (AvgIpc) is 1.91. The molecule has 10 N–H and O–H groups in total. The van der Waals surface area contributed by atoms with Crippen molar-refractivity contribution in [2.75, 3.05) is 6.61 Å². The molecule has 0 aromatic heterocycles. The van der Waals surface area contributed by atoms with Crippen LogP contribution in [0, 0.1) is 0 Å². The maximum atomic E-state index is 8.06. The summed E-state index contributed by atoms with van der Waals surface area (Å²) >= 11 is 0. The summed E-state index contributed by atoms with van der Waals surface area (Å²) in [5.74, 6) is -2.05. The van der Waals surface area contributed by atoms with Crippen LogP contribution in [0.2, 0.25) is 0 Å². The van der Waals surface area contributed by atoms with E-state index in [2.05, 4.69) is 13.2 Å². The van der Waals surface area contributed by atoms with E-state index < -0.39 is 18.3 Å². The standard InChI is InChI=1S/C3H6O4.C2H4.2H3N/c4-1-2(5)3(6)7;1-2;;/h4-7H,1H2;1-2H2;2*1H3. The Balaban J connectivity index is -0.0000000564. The lowest BCUT2D eigenvalue weighted by Crippen LogP contribution is -1.93. The molecule has 0 aliphatic heterocycles. The first-order chi connectivity index (χ1) is 4.18. The lowest BCUT2D eigenvalue weighted by atomic mass is 10.6. The van der Waals surface area contributed by atoms with Crippen LogP contribution >= 0.6 is 0 Å². The lowest BCUT2D eigenvalue weighted by molar-refractivity contribution is 0.137. The summed E-state index contributed by atoms with van der Waals surface area (Å²) in [6, 6.07) is 0. The van der Waals surface area contributed by atoms with Crippen molar-refractivity contribution in [3.63, 3.8) is 0 Å². The van der Waals surface area contributed by atoms with Crippen molar-refractivity contribution in [2.24, 2.45) is 0 Å². The van der Waals surface area contributed by atoms with E-state index in [-0.39, 0.29) is 12.3 Å². The van der Waals surface area contributed by atoms with Crippen LogP contribution in [0.15, 0.2) is 24.9 Å². The number of hydrogen-bond acceptors (Lipinski definition) is 6. The second kappa shape index (κ2) is 15.9. The molecule has 0 aromatic carbocycles. The van der Waals surface area contributed by atoms with Crippen LogP contribution in [0.4, 0.5) is 0 Å². The van der Waals surface area contributed by atoms with Crippen LogP contribution in [0.5, 0.6) is 0 Å². The van der Waals surface area contributed by atoms with E-state index in [9.17, 15) is 0 Å². The summed E-state index contributed by atoms with van der Waals surface area (Å²) < 4.78 is 0. The first kappa shape index (κ1) is 22.6. The van der Waals surface area contributed by atoms with E-state index in [4.69, 9.17) is 20.4 Å². The van der Waals surface area contributed by atoms with Crippen LogP contribution in [-0.2, 0) is 0 Å². The van der Waals surface area contributed by atoms with Crippen LogP contribution in [0.3, 0.4) is 0 Å². The average molecular weight is 168 g/mol. The quantitative estimate of drug-likeness (QED) is 0.253. The molecule has 6 nitrogen and oxygen atoms in total. The van der Waals surface area contributed by atoms with E-state index in [1.807, 2.05) is 0 Å². The third kappa shape index (κ3) is 17.7. The summed E-state index contributed by atoms with van der Waals surface area (Å²) in [5.41, 5.74) is 0. The second-order valence-corrected chi connectivity index (χ2v) is 0.928. The number of aliphatic hydroxyl groups is 4. The highest BCUT2D eigenvalue weighted by molar-refractivity contribution is 4.87. The molecule has 0 atom stereocenters. The molecule has 0 aromatic rings. The zero-order valence-corrected chi connectivity index (χ0v) is 6.32. The Labute approximate surface area is 65.3 Å². The smallest absolute Gasteiger partial charge is 0.316 e. The Morgan fingerprint density at radius 1 is 1.00 bits per heavy atom. The Hall–Kier alpha value is -1.24. The molecule has 0 spiro atoms. The topological polar surface area (TPSA) is 151 Å². The first-order valence-corrected chi connectivity index (χ1v) is 2.09. The lowest BCUT2D eigenvalue weighted by Gasteiger charge is -1.89. The van der Waals surface area contributed by atoms with Gasteiger partial charge in [0.25, 0.3) is 0 Å². The van der Waals surface area contributed by atoms with E-state index in [1.54, 1.807) is 0 Å². The fraction of sp³-hybridized carbons (Fsp3) is 0.200. The highest BCUT2D eigenvalue weighted by Gasteiger charge is 1.95. The van der Waals surface area contributed by atoms with Crippen LogP contribution in [0.25, 0.3) is 0 Å². The maximum Gasteiger partial charge on any atom is 0.316 e. The van der Waals surface area contributed by atoms with Crippen LogP contribution < -0.4 is 12.3 Å². The van der Waals surface area contributed by atoms with E-state index >= 15 is 0 Å². The fourth-order valence-electron chi connectivity index (χ4n) is 0.0707. The highest BCUT2D eigenvalue weighted by Crippen LogP contribution is 1.87. The second-order valence-electron chi connectivity index (χ2n) is 0.928. The Kier molecular flexibility index (Phi) is 32.6. The molecule has 0 saturated carbocycles. The molecule has 0 radical (unpaired) electrons. The molecular weight excluding hydrogens is 152 g/mol. The van der Waals surface area contributed by atoms with Gasteiger partial charge in [-0.2, -0.15) is 0 Å². The van der Waals surface area contributed by atoms with Gasteiger partial charge in [-0.3, -0.25) is 0 Å². The molecule has 0 amide bonds. The monoisotopic (exact) mass is 168 g/mol. The number of aliphatic hydroxyl groups excluding tert-OH is 3. The van der Waals surface area contributed by atoms with Crippen molar-refractivity contribution >= 4 is 0 Å². The fourth-order valence-corrected chi connectivity index (χ4v) is 0.0707. The maximum absolute atomic E-state index is 8.06. The Morgan fingerprint density at radius 3 is 1.27 bits per heavy atom. The van der Waals surface area contributed by atoms with Crippen molar-refractivity contribution in [3.8, 4) is 0 Å². The van der Waals surface area contributed by atoms with Gasteiger partial charge in [0.1, 0.15) is 6.61 Å². The molecule has 6 heteroatoms. The molecule has 0 bridgehead atoms. The van der Waals surface area contributed by atoms with Crippen molar-refractivity contribution in [1.29, 1.82) is 0 Å². The summed E-state index contributed by atoms with van der Waals surface area (Å²) in [5, 5.41) is 31.6. The minimum absolute atomic E-state index is 0. The molecular formula is C5H16N2O4. The van der Waals surface area contributed by atoms with Crippen molar-refractivity contribution in [2.45, 2.75) is 0 Å². The third-order valence-corrected chi connectivity index (χ3v) is 0.408. The first-order valence-electron chi connectivity index (χ1n) is 2.09. The zero-order chi connectivity index (χ0) is 7.86. The predicted octanol–water partition coefficient (Wildman–Crippen LogP) is 0.948. The molecule has 11 heavy (non-hydrogen) atoms. The minimum Gasteiger partial charge on any atom is -0.504 e. The van der Waals surface area contributed by atoms with Crippen LogP contribution in [-0.4, -0.2) is 27.0 Å². The van der Waals surface area contributed by atoms with Gasteiger partial charge >= 0.3 is 5.95 Å². The molecule has 0 rings (SSSR count). The van der Waals surface area contributed by atoms with Gasteiger partial charge < -0.3 is 32.7 Å². The largest absolute Gasteiger partial charge is 0.504 e. The SMILES string of the molecule is C=C.N.N.OCC(O)=C(O)O. The van der Waals surface area contributed by atoms with Gasteiger partial charge in [-0.25, -0.2) is 0 Å². The van der Waals surface area contributed by atoms with Gasteiger partial charge in [-0.05, 0) is 0 Å². The molecule has 0 saturated heterocycles. The highest BCUT2D eigenvalue weighted by atomic mass is 16.5. The third-order valence-electron chi connectivity index (χ3n) is 0.408. The van der Waals surface area contributed by atoms with E-state index in [1.165, 1.54) is 0 Å². The predicted molar refractivity (Wildman–Crippen MR) is 43.3 cm³/mol. The van der Waals surface area contributed by atoms with Crippen molar-refractivity contribution in [3.05, 3.63) is 24.9 Å². The Morgan fingerprint density at radius 2 is 1.27 bits per heavy atom. The van der Waals surface area contributed by atoms with E-state index in [0.29, 0.717) is 0 Å². The molecule has 0 aliphatic rings. The molecule has 0 heterocycles. The van der Waals surface area contributed by atoms with Gasteiger partial charge in [0.05, 0.1) is 0 Å². The summed E-state index contributed by atoms with van der Waals surface area (Å²) in [6.45, 7) is 5.25. The normalized spacial score (nSPS) is 5.55. The van der Waals surface area contributed by atoms with Crippen molar-refractivity contribution in [1.82, 2.24) is 12.3 Å². The van der Waals surface area contributed by atoms with Gasteiger partial charge in [-0.15, -0.1) is 13.2 Å². The Bertz CT molecular complexity index is 101. The number of rotatable bonds is 1. The van der Waals surface area contributed by atoms with Gasteiger partial charge in [0, 0.05) is 0 Å². The van der Waals surface area contributed by atoms with E-state index in [0.717, 1.165) is 0 Å². The summed E-state index contributed by atoms with van der Waals surface area (Å²) in [7, 11) is 0. The molecule has 0 unspecified atom stereocenters.